The Bertz CT molecular complexity index is 1060. The molecule has 1 saturated carbocycles. The van der Waals surface area contributed by atoms with E-state index in [9.17, 15) is 23.0 Å². The Morgan fingerprint density at radius 1 is 1.19 bits per heavy atom. The summed E-state index contributed by atoms with van der Waals surface area (Å²) in [5.41, 5.74) is 1.61. The SMILES string of the molecule is NS(=O)(=O)OC[C@H]1C[C@@H](Nc2cc(N[C@H]3CCc4c(F)cccc43)ncn2)C(O)[C@@H]1O.[I-]. The molecule has 13 heteroatoms. The topological polar surface area (TPSA) is 160 Å². The highest BCUT2D eigenvalue weighted by Gasteiger charge is 2.42. The lowest BCUT2D eigenvalue weighted by Crippen LogP contribution is -3.00. The number of hydrogen-bond acceptors (Lipinski definition) is 9. The molecule has 1 heterocycles. The van der Waals surface area contributed by atoms with E-state index in [1.807, 2.05) is 6.07 Å². The van der Waals surface area contributed by atoms with Crippen LogP contribution in [-0.2, 0) is 20.9 Å². The van der Waals surface area contributed by atoms with Crippen molar-refractivity contribution in [3.8, 4) is 0 Å². The van der Waals surface area contributed by atoms with E-state index in [1.54, 1.807) is 12.1 Å². The lowest BCUT2D eigenvalue weighted by molar-refractivity contribution is -0.0000175. The molecule has 0 radical (unpaired) electrons. The lowest BCUT2D eigenvalue weighted by atomic mass is 10.1. The quantitative estimate of drug-likeness (QED) is 0.223. The zero-order valence-corrected chi connectivity index (χ0v) is 19.8. The first-order valence-electron chi connectivity index (χ1n) is 9.87. The van der Waals surface area contributed by atoms with Crippen LogP contribution in [0.3, 0.4) is 0 Å². The Balaban J connectivity index is 0.00000289. The molecule has 0 saturated heterocycles. The highest BCUT2D eigenvalue weighted by Crippen LogP contribution is 2.35. The molecule has 0 amide bonds. The first kappa shape index (κ1) is 25.0. The molecule has 0 aliphatic heterocycles. The van der Waals surface area contributed by atoms with E-state index in [0.29, 0.717) is 23.6 Å². The Morgan fingerprint density at radius 2 is 1.91 bits per heavy atom. The second-order valence-corrected chi connectivity index (χ2v) is 9.06. The van der Waals surface area contributed by atoms with Gasteiger partial charge in [0.25, 0.3) is 0 Å². The standard InChI is InChI=1S/C19H24FN5O5S.HI/c20-13-3-1-2-12-11(13)4-5-14(12)24-16-7-17(23-9-22-16)25-15-6-10(18(26)19(15)27)8-30-31(21,28)29;/h1-3,7,9-10,14-15,18-19,26-27H,4-6,8H2,(H2,21,28,29)(H2,22,23,24,25);1H/p-1/t10-,14+,15-,18-,19?;/m1./s1. The normalized spacial score (nSPS) is 26.9. The van der Waals surface area contributed by atoms with Gasteiger partial charge in [0.2, 0.25) is 0 Å². The monoisotopic (exact) mass is 580 g/mol. The minimum atomic E-state index is -4.14. The van der Waals surface area contributed by atoms with Gasteiger partial charge in [-0.2, -0.15) is 8.42 Å². The van der Waals surface area contributed by atoms with Crippen LogP contribution in [0.2, 0.25) is 0 Å². The van der Waals surface area contributed by atoms with Crippen LogP contribution in [0.5, 0.6) is 0 Å². The minimum absolute atomic E-state index is 0. The van der Waals surface area contributed by atoms with Gasteiger partial charge in [0, 0.05) is 12.0 Å². The second kappa shape index (κ2) is 10.1. The van der Waals surface area contributed by atoms with E-state index >= 15 is 0 Å². The van der Waals surface area contributed by atoms with Gasteiger partial charge in [-0.1, -0.05) is 12.1 Å². The van der Waals surface area contributed by atoms with Gasteiger partial charge in [0.15, 0.2) is 0 Å². The van der Waals surface area contributed by atoms with Crippen LogP contribution in [0.25, 0.3) is 0 Å². The number of nitrogens with one attached hydrogen (secondary N) is 2. The predicted molar refractivity (Wildman–Crippen MR) is 110 cm³/mol. The Labute approximate surface area is 202 Å². The van der Waals surface area contributed by atoms with Crippen LogP contribution in [-0.4, -0.2) is 53.5 Å². The van der Waals surface area contributed by atoms with Crippen molar-refractivity contribution >= 4 is 21.9 Å². The molecular weight excluding hydrogens is 556 g/mol. The van der Waals surface area contributed by atoms with E-state index < -0.39 is 34.5 Å². The molecule has 2 aliphatic carbocycles. The van der Waals surface area contributed by atoms with Crippen molar-refractivity contribution in [3.05, 3.63) is 47.5 Å². The summed E-state index contributed by atoms with van der Waals surface area (Å²) < 4.78 is 40.5. The first-order chi connectivity index (χ1) is 14.7. The third-order valence-electron chi connectivity index (χ3n) is 5.78. The average molecular weight is 580 g/mol. The molecule has 176 valence electrons. The van der Waals surface area contributed by atoms with Crippen LogP contribution in [0.1, 0.15) is 30.0 Å². The van der Waals surface area contributed by atoms with Gasteiger partial charge in [-0.05, 0) is 36.5 Å². The molecule has 2 aromatic rings. The first-order valence-corrected chi connectivity index (χ1v) is 11.3. The van der Waals surface area contributed by atoms with E-state index in [0.717, 1.165) is 12.0 Å². The Morgan fingerprint density at radius 3 is 2.62 bits per heavy atom. The fraction of sp³-hybridized carbons (Fsp3) is 0.474. The maximum atomic E-state index is 14.0. The number of fused-ring (bicyclic) bond motifs is 1. The second-order valence-electron chi connectivity index (χ2n) is 7.84. The van der Waals surface area contributed by atoms with Gasteiger partial charge >= 0.3 is 10.3 Å². The average Bonchev–Trinajstić information content (AvgIpc) is 3.24. The molecule has 4 rings (SSSR count). The van der Waals surface area contributed by atoms with E-state index in [2.05, 4.69) is 24.8 Å². The van der Waals surface area contributed by atoms with Crippen molar-refractivity contribution in [3.63, 3.8) is 0 Å². The van der Waals surface area contributed by atoms with Gasteiger partial charge in [0.1, 0.15) is 29.9 Å². The molecule has 32 heavy (non-hydrogen) atoms. The fourth-order valence-corrected chi connectivity index (χ4v) is 4.62. The number of benzene rings is 1. The summed E-state index contributed by atoms with van der Waals surface area (Å²) in [7, 11) is -4.14. The van der Waals surface area contributed by atoms with E-state index in [4.69, 9.17) is 5.14 Å². The largest absolute Gasteiger partial charge is 1.00 e. The summed E-state index contributed by atoms with van der Waals surface area (Å²) in [6, 6.07) is 6.04. The van der Waals surface area contributed by atoms with Crippen molar-refractivity contribution in [2.24, 2.45) is 11.1 Å². The highest BCUT2D eigenvalue weighted by molar-refractivity contribution is 7.84. The van der Waals surface area contributed by atoms with Crippen molar-refractivity contribution in [2.45, 2.75) is 43.6 Å². The molecule has 1 unspecified atom stereocenters. The van der Waals surface area contributed by atoms with Gasteiger partial charge in [0.05, 0.1) is 24.8 Å². The zero-order valence-electron chi connectivity index (χ0n) is 16.9. The van der Waals surface area contributed by atoms with Crippen LogP contribution in [0.15, 0.2) is 30.6 Å². The van der Waals surface area contributed by atoms with Crippen LogP contribution in [0.4, 0.5) is 16.0 Å². The summed E-state index contributed by atoms with van der Waals surface area (Å²) in [6.45, 7) is -0.330. The summed E-state index contributed by atoms with van der Waals surface area (Å²) >= 11 is 0. The number of rotatable bonds is 7. The Kier molecular flexibility index (Phi) is 7.88. The minimum Gasteiger partial charge on any atom is -1.00 e. The molecule has 1 aromatic carbocycles. The number of aromatic nitrogens is 2. The van der Waals surface area contributed by atoms with Crippen molar-refractivity contribution in [1.82, 2.24) is 9.97 Å². The summed E-state index contributed by atoms with van der Waals surface area (Å²) in [5.74, 6) is 0.123. The van der Waals surface area contributed by atoms with E-state index in [-0.39, 0.29) is 48.9 Å². The molecule has 1 aromatic heterocycles. The maximum Gasteiger partial charge on any atom is 0.333 e. The van der Waals surface area contributed by atoms with Crippen LogP contribution in [0, 0.1) is 11.7 Å². The summed E-state index contributed by atoms with van der Waals surface area (Å²) in [4.78, 5) is 8.35. The molecular formula is C19H24FIN5O5S-. The number of aliphatic hydroxyl groups excluding tert-OH is 2. The Hall–Kier alpha value is -1.65. The van der Waals surface area contributed by atoms with Crippen LogP contribution < -0.4 is 39.7 Å². The van der Waals surface area contributed by atoms with Gasteiger partial charge in [-0.3, -0.25) is 4.18 Å². The molecule has 2 aliphatic rings. The number of nitrogens with zero attached hydrogens (tertiary/aromatic N) is 2. The van der Waals surface area contributed by atoms with E-state index in [1.165, 1.54) is 12.4 Å². The number of anilines is 2. The van der Waals surface area contributed by atoms with Crippen molar-refractivity contribution < 1.29 is 51.2 Å². The third kappa shape index (κ3) is 5.63. The van der Waals surface area contributed by atoms with Crippen molar-refractivity contribution in [1.29, 1.82) is 0 Å². The smallest absolute Gasteiger partial charge is 0.333 e. The van der Waals surface area contributed by atoms with Gasteiger partial charge < -0.3 is 44.8 Å². The highest BCUT2D eigenvalue weighted by atomic mass is 127. The predicted octanol–water partition coefficient (Wildman–Crippen LogP) is -2.54. The van der Waals surface area contributed by atoms with Crippen molar-refractivity contribution in [2.75, 3.05) is 17.2 Å². The molecule has 0 bridgehead atoms. The summed E-state index contributed by atoms with van der Waals surface area (Å²) in [6.07, 6.45) is 0.659. The fourth-order valence-electron chi connectivity index (χ4n) is 4.26. The van der Waals surface area contributed by atoms with Gasteiger partial charge in [-0.15, -0.1) is 0 Å². The van der Waals surface area contributed by atoms with Gasteiger partial charge in [-0.25, -0.2) is 19.5 Å². The number of aliphatic hydroxyl groups is 2. The third-order valence-corrected chi connectivity index (χ3v) is 6.25. The number of halogens is 2. The maximum absolute atomic E-state index is 14.0. The molecule has 1 fully saturated rings. The van der Waals surface area contributed by atoms with Crippen LogP contribution >= 0.6 is 0 Å². The number of hydrogen-bond donors (Lipinski definition) is 5. The lowest BCUT2D eigenvalue weighted by Gasteiger charge is -2.19. The molecule has 6 N–H and O–H groups in total. The molecule has 0 spiro atoms. The molecule has 5 atom stereocenters. The zero-order chi connectivity index (χ0) is 22.2. The molecule has 10 nitrogen and oxygen atoms in total. The summed E-state index contributed by atoms with van der Waals surface area (Å²) in [5, 5.41) is 31.6. The number of nitrogens with two attached hydrogens (primary N) is 1.